The number of hydrogen-bond donors (Lipinski definition) is 2. The van der Waals surface area contributed by atoms with Crippen molar-refractivity contribution in [3.05, 3.63) is 30.3 Å². The van der Waals surface area contributed by atoms with Crippen LogP contribution in [-0.4, -0.2) is 27.8 Å². The van der Waals surface area contributed by atoms with Crippen LogP contribution in [0.2, 0.25) is 0 Å². The molecule has 2 N–H and O–H groups in total. The second-order valence-electron chi connectivity index (χ2n) is 5.90. The number of carbonyl (C=O) groups excluding carboxylic acids is 2. The van der Waals surface area contributed by atoms with Crippen LogP contribution in [0.1, 0.15) is 32.1 Å². The van der Waals surface area contributed by atoms with E-state index in [9.17, 15) is 9.59 Å². The lowest BCUT2D eigenvalue weighted by atomic mass is 9.89. The molecule has 1 fully saturated rings. The molecule has 0 saturated heterocycles. The molecule has 0 bridgehead atoms. The number of rotatable bonds is 6. The van der Waals surface area contributed by atoms with Crippen LogP contribution in [0.3, 0.4) is 0 Å². The monoisotopic (exact) mass is 376 g/mol. The first-order valence-corrected chi connectivity index (χ1v) is 10.1. The molecule has 2 amide bonds. The molecule has 0 atom stereocenters. The SMILES string of the molecule is O=C(CSc1nnc(NC(=O)C2CCCCC2)s1)Nc1ccccc1. The van der Waals surface area contributed by atoms with Crippen molar-refractivity contribution in [3.8, 4) is 0 Å². The number of anilines is 2. The molecule has 1 saturated carbocycles. The maximum atomic E-state index is 12.2. The van der Waals surface area contributed by atoms with Gasteiger partial charge in [-0.25, -0.2) is 0 Å². The van der Waals surface area contributed by atoms with Gasteiger partial charge in [0.1, 0.15) is 0 Å². The van der Waals surface area contributed by atoms with Crippen LogP contribution in [0.5, 0.6) is 0 Å². The van der Waals surface area contributed by atoms with Gasteiger partial charge in [0.25, 0.3) is 0 Å². The molecule has 1 heterocycles. The summed E-state index contributed by atoms with van der Waals surface area (Å²) in [5, 5.41) is 14.2. The minimum Gasteiger partial charge on any atom is -0.325 e. The van der Waals surface area contributed by atoms with Crippen LogP contribution in [0.25, 0.3) is 0 Å². The lowest BCUT2D eigenvalue weighted by Gasteiger charge is -2.19. The van der Waals surface area contributed by atoms with Gasteiger partial charge in [0.05, 0.1) is 5.75 Å². The Morgan fingerprint density at radius 3 is 2.60 bits per heavy atom. The number of nitrogens with zero attached hydrogens (tertiary/aromatic N) is 2. The van der Waals surface area contributed by atoms with Gasteiger partial charge in [-0.2, -0.15) is 0 Å². The summed E-state index contributed by atoms with van der Waals surface area (Å²) in [5.74, 6) is 0.277. The van der Waals surface area contributed by atoms with Crippen molar-refractivity contribution in [2.45, 2.75) is 36.4 Å². The van der Waals surface area contributed by atoms with Crippen molar-refractivity contribution in [1.82, 2.24) is 10.2 Å². The van der Waals surface area contributed by atoms with E-state index in [1.807, 2.05) is 30.3 Å². The van der Waals surface area contributed by atoms with Gasteiger partial charge in [0.15, 0.2) is 4.34 Å². The first kappa shape index (κ1) is 17.9. The minimum absolute atomic E-state index is 0.0363. The van der Waals surface area contributed by atoms with Gasteiger partial charge in [-0.15, -0.1) is 10.2 Å². The summed E-state index contributed by atoms with van der Waals surface area (Å²) in [6.45, 7) is 0. The summed E-state index contributed by atoms with van der Waals surface area (Å²) < 4.78 is 0.669. The van der Waals surface area contributed by atoms with Crippen LogP contribution >= 0.6 is 23.1 Å². The van der Waals surface area contributed by atoms with E-state index in [-0.39, 0.29) is 23.5 Å². The lowest BCUT2D eigenvalue weighted by molar-refractivity contribution is -0.120. The Kier molecular flexibility index (Phi) is 6.41. The molecular weight excluding hydrogens is 356 g/mol. The Hall–Kier alpha value is -1.93. The van der Waals surface area contributed by atoms with E-state index in [0.29, 0.717) is 9.47 Å². The molecule has 3 rings (SSSR count). The number of hydrogen-bond acceptors (Lipinski definition) is 6. The fourth-order valence-corrected chi connectivity index (χ4v) is 4.29. The predicted molar refractivity (Wildman–Crippen MR) is 101 cm³/mol. The van der Waals surface area contributed by atoms with Gasteiger partial charge >= 0.3 is 0 Å². The smallest absolute Gasteiger partial charge is 0.234 e. The normalized spacial score (nSPS) is 14.9. The standard InChI is InChI=1S/C17H20N4O2S2/c22-14(18-13-9-5-2-6-10-13)11-24-17-21-20-16(25-17)19-15(23)12-7-3-1-4-8-12/h2,5-6,9-10,12H,1,3-4,7-8,11H2,(H,18,22)(H,19,20,23). The molecule has 0 radical (unpaired) electrons. The summed E-state index contributed by atoms with van der Waals surface area (Å²) in [6.07, 6.45) is 5.35. The van der Waals surface area contributed by atoms with E-state index < -0.39 is 0 Å². The van der Waals surface area contributed by atoms with Crippen molar-refractivity contribution in [1.29, 1.82) is 0 Å². The zero-order valence-electron chi connectivity index (χ0n) is 13.7. The third kappa shape index (κ3) is 5.54. The van der Waals surface area contributed by atoms with Crippen molar-refractivity contribution in [2.75, 3.05) is 16.4 Å². The maximum absolute atomic E-state index is 12.2. The first-order chi connectivity index (χ1) is 12.2. The van der Waals surface area contributed by atoms with E-state index in [1.165, 1.54) is 29.5 Å². The molecule has 1 aromatic heterocycles. The fraction of sp³-hybridized carbons (Fsp3) is 0.412. The highest BCUT2D eigenvalue weighted by Crippen LogP contribution is 2.28. The van der Waals surface area contributed by atoms with Gasteiger partial charge in [-0.05, 0) is 25.0 Å². The molecule has 8 heteroatoms. The van der Waals surface area contributed by atoms with Crippen LogP contribution in [0.15, 0.2) is 34.7 Å². The summed E-state index contributed by atoms with van der Waals surface area (Å²) in [7, 11) is 0. The lowest BCUT2D eigenvalue weighted by Crippen LogP contribution is -2.24. The van der Waals surface area contributed by atoms with Crippen LogP contribution in [-0.2, 0) is 9.59 Å². The Morgan fingerprint density at radius 2 is 1.84 bits per heavy atom. The second kappa shape index (κ2) is 8.96. The van der Waals surface area contributed by atoms with Gasteiger partial charge < -0.3 is 10.6 Å². The molecule has 6 nitrogen and oxygen atoms in total. The van der Waals surface area contributed by atoms with Gasteiger partial charge in [-0.3, -0.25) is 9.59 Å². The summed E-state index contributed by atoms with van der Waals surface area (Å²) in [4.78, 5) is 24.1. The molecule has 25 heavy (non-hydrogen) atoms. The number of para-hydroxylation sites is 1. The molecule has 0 aliphatic heterocycles. The van der Waals surface area contributed by atoms with Crippen molar-refractivity contribution < 1.29 is 9.59 Å². The largest absolute Gasteiger partial charge is 0.325 e. The van der Waals surface area contributed by atoms with E-state index in [1.54, 1.807) is 0 Å². The van der Waals surface area contributed by atoms with Crippen molar-refractivity contribution in [2.24, 2.45) is 5.92 Å². The average Bonchev–Trinajstić information content (AvgIpc) is 3.09. The van der Waals surface area contributed by atoms with Gasteiger partial charge in [0, 0.05) is 11.6 Å². The highest BCUT2D eigenvalue weighted by atomic mass is 32.2. The molecule has 1 aliphatic carbocycles. The summed E-state index contributed by atoms with van der Waals surface area (Å²) in [6, 6.07) is 9.32. The molecule has 1 aliphatic rings. The fourth-order valence-electron chi connectivity index (χ4n) is 2.74. The molecule has 0 spiro atoms. The van der Waals surface area contributed by atoms with Crippen molar-refractivity contribution >= 4 is 45.7 Å². The van der Waals surface area contributed by atoms with Crippen LogP contribution in [0, 0.1) is 5.92 Å². The predicted octanol–water partition coefficient (Wildman–Crippen LogP) is 3.79. The average molecular weight is 377 g/mol. The third-order valence-corrected chi connectivity index (χ3v) is 5.97. The summed E-state index contributed by atoms with van der Waals surface area (Å²) >= 11 is 2.62. The van der Waals surface area contributed by atoms with E-state index in [0.717, 1.165) is 31.4 Å². The second-order valence-corrected chi connectivity index (χ2v) is 8.10. The molecule has 2 aromatic rings. The number of amides is 2. The van der Waals surface area contributed by atoms with E-state index >= 15 is 0 Å². The van der Waals surface area contributed by atoms with Crippen molar-refractivity contribution in [3.63, 3.8) is 0 Å². The maximum Gasteiger partial charge on any atom is 0.234 e. The molecule has 1 aromatic carbocycles. The zero-order valence-corrected chi connectivity index (χ0v) is 15.4. The van der Waals surface area contributed by atoms with Gasteiger partial charge in [0.2, 0.25) is 16.9 Å². The number of benzene rings is 1. The van der Waals surface area contributed by atoms with Crippen LogP contribution in [0.4, 0.5) is 10.8 Å². The van der Waals surface area contributed by atoms with Gasteiger partial charge in [-0.1, -0.05) is 60.6 Å². The summed E-state index contributed by atoms with van der Waals surface area (Å²) in [5.41, 5.74) is 0.769. The minimum atomic E-state index is -0.0980. The quantitative estimate of drug-likeness (QED) is 0.592. The molecular formula is C17H20N4O2S2. The topological polar surface area (TPSA) is 84.0 Å². The highest BCUT2D eigenvalue weighted by Gasteiger charge is 2.22. The first-order valence-electron chi connectivity index (χ1n) is 8.33. The van der Waals surface area contributed by atoms with E-state index in [4.69, 9.17) is 0 Å². The Balaban J connectivity index is 1.45. The number of nitrogens with one attached hydrogen (secondary N) is 2. The number of aromatic nitrogens is 2. The Bertz CT molecular complexity index is 714. The Morgan fingerprint density at radius 1 is 1.08 bits per heavy atom. The number of carbonyl (C=O) groups is 2. The Labute approximate surface area is 154 Å². The number of thioether (sulfide) groups is 1. The zero-order chi connectivity index (χ0) is 17.5. The third-order valence-electron chi connectivity index (χ3n) is 4.00. The molecule has 0 unspecified atom stereocenters. The van der Waals surface area contributed by atoms with Crippen LogP contribution < -0.4 is 10.6 Å². The van der Waals surface area contributed by atoms with E-state index in [2.05, 4.69) is 20.8 Å². The molecule has 132 valence electrons. The highest BCUT2D eigenvalue weighted by molar-refractivity contribution is 8.01.